The largest absolute Gasteiger partial charge is 0.508 e. The molecular weight excluding hydrogens is 332 g/mol. The maximum Gasteiger partial charge on any atom is 0.261 e. The summed E-state index contributed by atoms with van der Waals surface area (Å²) in [7, 11) is 0. The van der Waals surface area contributed by atoms with E-state index in [1.54, 1.807) is 24.3 Å². The van der Waals surface area contributed by atoms with Crippen LogP contribution in [-0.4, -0.2) is 32.0 Å². The van der Waals surface area contributed by atoms with Crippen LogP contribution in [0, 0.1) is 5.41 Å². The second-order valence-corrected chi connectivity index (χ2v) is 7.10. The molecule has 0 saturated heterocycles. The van der Waals surface area contributed by atoms with Gasteiger partial charge in [-0.1, -0.05) is 26.0 Å². The second-order valence-electron chi connectivity index (χ2n) is 7.10. The van der Waals surface area contributed by atoms with Crippen LogP contribution in [0.5, 0.6) is 0 Å². The number of hydrogen-bond acceptors (Lipinski definition) is 5. The molecule has 0 spiro atoms. The van der Waals surface area contributed by atoms with Gasteiger partial charge in [0.2, 0.25) is 0 Å². The highest BCUT2D eigenvalue weighted by Crippen LogP contribution is 2.45. The highest BCUT2D eigenvalue weighted by molar-refractivity contribution is 5.76. The number of aromatic nitrogens is 2. The summed E-state index contributed by atoms with van der Waals surface area (Å²) in [6.07, 6.45) is 4.80. The van der Waals surface area contributed by atoms with Gasteiger partial charge in [0.25, 0.3) is 5.56 Å². The molecule has 0 bridgehead atoms. The van der Waals surface area contributed by atoms with E-state index in [1.807, 2.05) is 26.8 Å². The Kier molecular flexibility index (Phi) is 4.63. The molecule has 0 radical (unpaired) electrons. The Balaban J connectivity index is 1.93. The van der Waals surface area contributed by atoms with Crippen molar-refractivity contribution in [3.8, 4) is 0 Å². The van der Waals surface area contributed by atoms with Crippen molar-refractivity contribution in [1.29, 1.82) is 0 Å². The van der Waals surface area contributed by atoms with Gasteiger partial charge in [-0.15, -0.1) is 0 Å². The summed E-state index contributed by atoms with van der Waals surface area (Å²) in [5.41, 5.74) is -1.61. The molecule has 1 aromatic heterocycles. The van der Waals surface area contributed by atoms with E-state index in [0.717, 1.165) is 0 Å². The van der Waals surface area contributed by atoms with Gasteiger partial charge < -0.3 is 14.9 Å². The average molecular weight is 356 g/mol. The molecule has 1 aliphatic carbocycles. The zero-order chi connectivity index (χ0) is 18.9. The van der Waals surface area contributed by atoms with E-state index in [-0.39, 0.29) is 24.3 Å². The van der Waals surface area contributed by atoms with Crippen molar-refractivity contribution < 1.29 is 14.9 Å². The molecule has 26 heavy (non-hydrogen) atoms. The Morgan fingerprint density at radius 3 is 2.73 bits per heavy atom. The fourth-order valence-corrected chi connectivity index (χ4v) is 3.41. The van der Waals surface area contributed by atoms with E-state index in [4.69, 9.17) is 4.74 Å². The molecule has 0 saturated carbocycles. The summed E-state index contributed by atoms with van der Waals surface area (Å²) in [5.74, 6) is 0.375. The van der Waals surface area contributed by atoms with E-state index < -0.39 is 11.0 Å². The Morgan fingerprint density at radius 1 is 1.27 bits per heavy atom. The minimum Gasteiger partial charge on any atom is -0.508 e. The number of aryl methyl sites for hydroxylation is 1. The van der Waals surface area contributed by atoms with E-state index in [9.17, 15) is 15.0 Å². The minimum absolute atomic E-state index is 0.0627. The molecule has 1 aromatic carbocycles. The van der Waals surface area contributed by atoms with Gasteiger partial charge in [-0.25, -0.2) is 4.98 Å². The van der Waals surface area contributed by atoms with Crippen LogP contribution >= 0.6 is 0 Å². The fourth-order valence-electron chi connectivity index (χ4n) is 3.41. The molecule has 0 fully saturated rings. The number of hydrogen-bond donors (Lipinski definition) is 2. The summed E-state index contributed by atoms with van der Waals surface area (Å²) in [5, 5.41) is 21.9. The highest BCUT2D eigenvalue weighted by atomic mass is 16.5. The zero-order valence-corrected chi connectivity index (χ0v) is 15.3. The molecule has 6 heteroatoms. The number of fused-ring (bicyclic) bond motifs is 1. The van der Waals surface area contributed by atoms with Crippen LogP contribution < -0.4 is 5.56 Å². The summed E-state index contributed by atoms with van der Waals surface area (Å²) >= 11 is 0. The molecule has 3 rings (SSSR count). The average Bonchev–Trinajstić information content (AvgIpc) is 2.59. The number of nitrogens with zero attached hydrogens (tertiary/aromatic N) is 2. The molecule has 1 unspecified atom stereocenters. The maximum absolute atomic E-state index is 12.7. The minimum atomic E-state index is -1.35. The van der Waals surface area contributed by atoms with Crippen molar-refractivity contribution in [2.45, 2.75) is 39.3 Å². The molecule has 138 valence electrons. The molecule has 2 aromatic rings. The van der Waals surface area contributed by atoms with Gasteiger partial charge in [-0.2, -0.15) is 0 Å². The summed E-state index contributed by atoms with van der Waals surface area (Å²) in [6.45, 7) is 6.12. The molecule has 0 aliphatic heterocycles. The molecule has 6 nitrogen and oxygen atoms in total. The first kappa shape index (κ1) is 18.2. The van der Waals surface area contributed by atoms with Gasteiger partial charge in [0, 0.05) is 24.5 Å². The maximum atomic E-state index is 12.7. The summed E-state index contributed by atoms with van der Waals surface area (Å²) < 4.78 is 7.10. The van der Waals surface area contributed by atoms with Gasteiger partial charge in [-0.3, -0.25) is 9.36 Å². The van der Waals surface area contributed by atoms with Crippen LogP contribution in [0.2, 0.25) is 0 Å². The third-order valence-electron chi connectivity index (χ3n) is 5.01. The van der Waals surface area contributed by atoms with Crippen LogP contribution in [0.4, 0.5) is 0 Å². The standard InChI is InChI=1S/C20H24N2O4/c1-4-26-17-11-14(23)12-19(2,3)20(17,25)9-10-22-13-21-16-8-6-5-7-15(16)18(22)24/h5-8,11-13,23,25H,4,9-10H2,1-3H3. The van der Waals surface area contributed by atoms with Crippen molar-refractivity contribution in [3.63, 3.8) is 0 Å². The molecular formula is C20H24N2O4. The number of para-hydroxylation sites is 1. The Morgan fingerprint density at radius 2 is 2.00 bits per heavy atom. The first-order valence-corrected chi connectivity index (χ1v) is 8.72. The first-order valence-electron chi connectivity index (χ1n) is 8.72. The number of aliphatic hydroxyl groups is 2. The Labute approximate surface area is 152 Å². The monoisotopic (exact) mass is 356 g/mol. The lowest BCUT2D eigenvalue weighted by Gasteiger charge is -2.44. The summed E-state index contributed by atoms with van der Waals surface area (Å²) in [6, 6.07) is 7.18. The molecule has 1 aliphatic rings. The van der Waals surface area contributed by atoms with Gasteiger partial charge >= 0.3 is 0 Å². The molecule has 1 heterocycles. The molecule has 1 atom stereocenters. The lowest BCUT2D eigenvalue weighted by Crippen LogP contribution is -2.49. The predicted molar refractivity (Wildman–Crippen MR) is 99.8 cm³/mol. The molecule has 2 N–H and O–H groups in total. The smallest absolute Gasteiger partial charge is 0.261 e. The van der Waals surface area contributed by atoms with Crippen LogP contribution in [0.3, 0.4) is 0 Å². The third-order valence-corrected chi connectivity index (χ3v) is 5.01. The topological polar surface area (TPSA) is 84.6 Å². The number of rotatable bonds is 5. The number of ether oxygens (including phenoxy) is 1. The van der Waals surface area contributed by atoms with E-state index in [2.05, 4.69) is 4.98 Å². The SMILES string of the molecule is CCOC1=CC(O)=CC(C)(C)C1(O)CCn1cnc2ccccc2c1=O. The van der Waals surface area contributed by atoms with E-state index in [1.165, 1.54) is 17.0 Å². The van der Waals surface area contributed by atoms with E-state index in [0.29, 0.717) is 23.3 Å². The quantitative estimate of drug-likeness (QED) is 0.860. The number of aliphatic hydroxyl groups excluding tert-OH is 1. The van der Waals surface area contributed by atoms with E-state index >= 15 is 0 Å². The normalized spacial score (nSPS) is 22.0. The second kappa shape index (κ2) is 6.61. The van der Waals surface area contributed by atoms with Crippen LogP contribution in [0.25, 0.3) is 10.9 Å². The Hall–Kier alpha value is -2.60. The van der Waals surface area contributed by atoms with Crippen LogP contribution in [0.1, 0.15) is 27.2 Å². The van der Waals surface area contributed by atoms with Crippen LogP contribution in [0.15, 0.2) is 59.1 Å². The van der Waals surface area contributed by atoms with Crippen LogP contribution in [-0.2, 0) is 11.3 Å². The highest BCUT2D eigenvalue weighted by Gasteiger charge is 2.48. The van der Waals surface area contributed by atoms with Gasteiger partial charge in [0.05, 0.1) is 23.8 Å². The lowest BCUT2D eigenvalue weighted by molar-refractivity contribution is -0.0674. The van der Waals surface area contributed by atoms with Crippen molar-refractivity contribution >= 4 is 10.9 Å². The lowest BCUT2D eigenvalue weighted by atomic mass is 9.69. The molecule has 0 amide bonds. The summed E-state index contributed by atoms with van der Waals surface area (Å²) in [4.78, 5) is 17.0. The van der Waals surface area contributed by atoms with Gasteiger partial charge in [-0.05, 0) is 25.1 Å². The zero-order valence-electron chi connectivity index (χ0n) is 15.3. The first-order chi connectivity index (χ1) is 12.3. The predicted octanol–water partition coefficient (Wildman–Crippen LogP) is 2.92. The third kappa shape index (κ3) is 3.01. The number of benzene rings is 1. The van der Waals surface area contributed by atoms with Crippen molar-refractivity contribution in [3.05, 3.63) is 64.6 Å². The van der Waals surface area contributed by atoms with Gasteiger partial charge in [0.1, 0.15) is 17.1 Å². The Bertz CT molecular complexity index is 942. The van der Waals surface area contributed by atoms with Crippen molar-refractivity contribution in [2.24, 2.45) is 5.41 Å². The number of allylic oxidation sites excluding steroid dienone is 1. The van der Waals surface area contributed by atoms with Crippen molar-refractivity contribution in [2.75, 3.05) is 6.61 Å². The fraction of sp³-hybridized carbons (Fsp3) is 0.400. The van der Waals surface area contributed by atoms with Crippen molar-refractivity contribution in [1.82, 2.24) is 9.55 Å². The van der Waals surface area contributed by atoms with Gasteiger partial charge in [0.15, 0.2) is 0 Å².